The van der Waals surface area contributed by atoms with Gasteiger partial charge in [-0.3, -0.25) is 13.9 Å². The predicted molar refractivity (Wildman–Crippen MR) is 146 cm³/mol. The van der Waals surface area contributed by atoms with Gasteiger partial charge in [0.1, 0.15) is 25.8 Å². The minimum Gasteiger partial charge on any atom is -0.486 e. The Morgan fingerprint density at radius 1 is 1.05 bits per heavy atom. The fourth-order valence-corrected chi connectivity index (χ4v) is 5.94. The van der Waals surface area contributed by atoms with Crippen LogP contribution in [-0.4, -0.2) is 62.7 Å². The highest BCUT2D eigenvalue weighted by Gasteiger charge is 2.32. The second-order valence-electron chi connectivity index (χ2n) is 9.91. The van der Waals surface area contributed by atoms with E-state index in [1.807, 2.05) is 31.2 Å². The number of sulfonamides is 1. The lowest BCUT2D eigenvalue weighted by molar-refractivity contribution is -0.139. The van der Waals surface area contributed by atoms with Crippen molar-refractivity contribution in [2.45, 2.75) is 65.1 Å². The maximum absolute atomic E-state index is 13.8. The largest absolute Gasteiger partial charge is 0.486 e. The van der Waals surface area contributed by atoms with Crippen molar-refractivity contribution in [2.24, 2.45) is 0 Å². The Labute approximate surface area is 225 Å². The van der Waals surface area contributed by atoms with Gasteiger partial charge in [0.2, 0.25) is 21.8 Å². The minimum absolute atomic E-state index is 0.107. The molecule has 0 aromatic heterocycles. The molecule has 0 radical (unpaired) electrons. The average molecular weight is 544 g/mol. The molecule has 10 heteroatoms. The van der Waals surface area contributed by atoms with Gasteiger partial charge in [0, 0.05) is 18.7 Å². The van der Waals surface area contributed by atoms with Crippen LogP contribution in [0.25, 0.3) is 0 Å². The molecule has 9 nitrogen and oxygen atoms in total. The normalized spacial score (nSPS) is 16.1. The fourth-order valence-electron chi connectivity index (χ4n) is 4.89. The van der Waals surface area contributed by atoms with Crippen LogP contribution in [0.15, 0.2) is 42.5 Å². The molecule has 1 unspecified atom stereocenters. The maximum Gasteiger partial charge on any atom is 0.244 e. The van der Waals surface area contributed by atoms with E-state index in [0.717, 1.165) is 41.1 Å². The fraction of sp³-hybridized carbons (Fsp3) is 0.500. The van der Waals surface area contributed by atoms with Crippen molar-refractivity contribution in [2.75, 3.05) is 29.8 Å². The van der Waals surface area contributed by atoms with E-state index in [2.05, 4.69) is 5.32 Å². The summed E-state index contributed by atoms with van der Waals surface area (Å²) in [5, 5.41) is 3.08. The Hall–Kier alpha value is -3.27. The van der Waals surface area contributed by atoms with Crippen molar-refractivity contribution in [1.29, 1.82) is 0 Å². The summed E-state index contributed by atoms with van der Waals surface area (Å²) in [6.45, 7) is 5.70. The first-order valence-corrected chi connectivity index (χ1v) is 14.8. The Kier molecular flexibility index (Phi) is 8.81. The Bertz CT molecular complexity index is 1260. The third-order valence-electron chi connectivity index (χ3n) is 7.10. The monoisotopic (exact) mass is 543 g/mol. The van der Waals surface area contributed by atoms with Crippen LogP contribution in [0, 0.1) is 6.92 Å². The van der Waals surface area contributed by atoms with Crippen LogP contribution in [0.5, 0.6) is 11.5 Å². The van der Waals surface area contributed by atoms with Crippen LogP contribution in [0.1, 0.15) is 50.7 Å². The van der Waals surface area contributed by atoms with Crippen LogP contribution in [0.4, 0.5) is 5.69 Å². The lowest BCUT2D eigenvalue weighted by atomic mass is 10.1. The number of hydrogen-bond acceptors (Lipinski definition) is 6. The summed E-state index contributed by atoms with van der Waals surface area (Å²) in [5.41, 5.74) is 2.20. The van der Waals surface area contributed by atoms with Crippen molar-refractivity contribution in [3.8, 4) is 11.5 Å². The lowest BCUT2D eigenvalue weighted by Crippen LogP contribution is -2.52. The first-order valence-electron chi connectivity index (χ1n) is 13.2. The first-order chi connectivity index (χ1) is 18.2. The SMILES string of the molecule is CCS(=O)(=O)N(CC(=O)N(Cc1cccc(C)c1)C(C)C(=O)NC1CCCC1)c1ccc2c(c1)OCCO2. The Morgan fingerprint density at radius 2 is 1.76 bits per heavy atom. The van der Waals surface area contributed by atoms with E-state index in [4.69, 9.17) is 9.47 Å². The standard InChI is InChI=1S/C28H37N3O6S/c1-4-38(34,35)31(24-12-13-25-26(17-24)37-15-14-36-25)19-27(32)30(18-22-9-7-8-20(2)16-22)21(3)28(33)29-23-10-5-6-11-23/h7-9,12-13,16-17,21,23H,4-6,10-11,14-15,18-19H2,1-3H3,(H,29,33). The van der Waals surface area contributed by atoms with Gasteiger partial charge >= 0.3 is 0 Å². The van der Waals surface area contributed by atoms with Gasteiger partial charge in [-0.2, -0.15) is 0 Å². The summed E-state index contributed by atoms with van der Waals surface area (Å²) in [5.74, 6) is 0.0659. The summed E-state index contributed by atoms with van der Waals surface area (Å²) >= 11 is 0. The van der Waals surface area contributed by atoms with E-state index in [-0.39, 0.29) is 24.2 Å². The van der Waals surface area contributed by atoms with Gasteiger partial charge in [-0.25, -0.2) is 8.42 Å². The number of rotatable bonds is 10. The zero-order valence-corrected chi connectivity index (χ0v) is 23.1. The molecule has 1 atom stereocenters. The molecule has 0 saturated heterocycles. The third-order valence-corrected chi connectivity index (χ3v) is 8.84. The molecular formula is C28H37N3O6S. The molecule has 38 heavy (non-hydrogen) atoms. The summed E-state index contributed by atoms with van der Waals surface area (Å²) in [6.07, 6.45) is 4.00. The molecule has 1 heterocycles. The lowest BCUT2D eigenvalue weighted by Gasteiger charge is -2.32. The molecule has 0 spiro atoms. The summed E-state index contributed by atoms with van der Waals surface area (Å²) in [6, 6.07) is 11.9. The van der Waals surface area contributed by atoms with E-state index in [1.165, 1.54) is 11.8 Å². The molecule has 1 fully saturated rings. The molecule has 206 valence electrons. The van der Waals surface area contributed by atoms with E-state index in [1.54, 1.807) is 25.1 Å². The van der Waals surface area contributed by atoms with E-state index >= 15 is 0 Å². The molecule has 1 saturated carbocycles. The molecular weight excluding hydrogens is 506 g/mol. The second-order valence-corrected chi connectivity index (χ2v) is 12.1. The number of nitrogens with one attached hydrogen (secondary N) is 1. The number of nitrogens with zero attached hydrogens (tertiary/aromatic N) is 2. The van der Waals surface area contributed by atoms with Gasteiger partial charge in [-0.15, -0.1) is 0 Å². The quantitative estimate of drug-likeness (QED) is 0.493. The van der Waals surface area contributed by atoms with Gasteiger partial charge < -0.3 is 19.7 Å². The van der Waals surface area contributed by atoms with E-state index in [9.17, 15) is 18.0 Å². The molecule has 2 aromatic rings. The van der Waals surface area contributed by atoms with Gasteiger partial charge in [0.05, 0.1) is 11.4 Å². The highest BCUT2D eigenvalue weighted by molar-refractivity contribution is 7.92. The van der Waals surface area contributed by atoms with E-state index in [0.29, 0.717) is 30.4 Å². The molecule has 2 aliphatic rings. The van der Waals surface area contributed by atoms with Crippen molar-refractivity contribution < 1.29 is 27.5 Å². The number of aryl methyl sites for hydroxylation is 1. The maximum atomic E-state index is 13.8. The smallest absolute Gasteiger partial charge is 0.244 e. The van der Waals surface area contributed by atoms with Crippen LogP contribution in [0.3, 0.4) is 0 Å². The minimum atomic E-state index is -3.82. The Balaban J connectivity index is 1.62. The molecule has 2 aromatic carbocycles. The molecule has 1 aliphatic heterocycles. The number of ether oxygens (including phenoxy) is 2. The average Bonchev–Trinajstić information content (AvgIpc) is 3.42. The molecule has 1 aliphatic carbocycles. The van der Waals surface area contributed by atoms with Crippen molar-refractivity contribution in [3.63, 3.8) is 0 Å². The number of benzene rings is 2. The Morgan fingerprint density at radius 3 is 2.45 bits per heavy atom. The van der Waals surface area contributed by atoms with Gasteiger partial charge in [0.15, 0.2) is 11.5 Å². The van der Waals surface area contributed by atoms with Crippen molar-refractivity contribution in [1.82, 2.24) is 10.2 Å². The number of fused-ring (bicyclic) bond motifs is 1. The van der Waals surface area contributed by atoms with Gasteiger partial charge in [-0.05, 0) is 51.3 Å². The number of carbonyl (C=O) groups excluding carboxylic acids is 2. The molecule has 2 amide bonds. The number of amides is 2. The molecule has 4 rings (SSSR count). The summed E-state index contributed by atoms with van der Waals surface area (Å²) in [7, 11) is -3.82. The van der Waals surface area contributed by atoms with Crippen molar-refractivity contribution >= 4 is 27.5 Å². The summed E-state index contributed by atoms with van der Waals surface area (Å²) in [4.78, 5) is 28.5. The number of anilines is 1. The van der Waals surface area contributed by atoms with Crippen LogP contribution in [0.2, 0.25) is 0 Å². The molecule has 0 bridgehead atoms. The predicted octanol–water partition coefficient (Wildman–Crippen LogP) is 3.40. The van der Waals surface area contributed by atoms with Gasteiger partial charge in [0.25, 0.3) is 0 Å². The highest BCUT2D eigenvalue weighted by Crippen LogP contribution is 2.35. The zero-order valence-electron chi connectivity index (χ0n) is 22.3. The first kappa shape index (κ1) is 27.8. The molecule has 1 N–H and O–H groups in total. The van der Waals surface area contributed by atoms with Crippen LogP contribution < -0.4 is 19.1 Å². The number of carbonyl (C=O) groups is 2. The topological polar surface area (TPSA) is 105 Å². The zero-order chi connectivity index (χ0) is 27.3. The van der Waals surface area contributed by atoms with Crippen LogP contribution in [-0.2, 0) is 26.2 Å². The van der Waals surface area contributed by atoms with Gasteiger partial charge in [-0.1, -0.05) is 42.7 Å². The van der Waals surface area contributed by atoms with Crippen molar-refractivity contribution in [3.05, 3.63) is 53.6 Å². The van der Waals surface area contributed by atoms with E-state index < -0.39 is 28.5 Å². The second kappa shape index (κ2) is 12.1. The highest BCUT2D eigenvalue weighted by atomic mass is 32.2. The summed E-state index contributed by atoms with van der Waals surface area (Å²) < 4.78 is 38.6. The number of hydrogen-bond donors (Lipinski definition) is 1. The van der Waals surface area contributed by atoms with Crippen LogP contribution >= 0.6 is 0 Å². The third kappa shape index (κ3) is 6.59.